The van der Waals surface area contributed by atoms with Crippen molar-refractivity contribution in [1.82, 2.24) is 14.1 Å². The minimum absolute atomic E-state index is 0.0151. The molecule has 3 aliphatic heterocycles. The van der Waals surface area contributed by atoms with Gasteiger partial charge in [0.25, 0.3) is 11.8 Å². The molecule has 2 amide bonds. The second-order valence-corrected chi connectivity index (χ2v) is 14.8. The Morgan fingerprint density at radius 3 is 2.30 bits per heavy atom. The van der Waals surface area contributed by atoms with Gasteiger partial charge in [-0.15, -0.1) is 11.3 Å². The molecule has 2 aromatic rings. The van der Waals surface area contributed by atoms with E-state index in [4.69, 9.17) is 4.74 Å². The van der Waals surface area contributed by atoms with Crippen LogP contribution in [0.1, 0.15) is 84.0 Å². The van der Waals surface area contributed by atoms with Crippen LogP contribution in [0, 0.1) is 5.92 Å². The van der Waals surface area contributed by atoms with Gasteiger partial charge in [-0.25, -0.2) is 8.42 Å². The molecule has 1 aromatic carbocycles. The van der Waals surface area contributed by atoms with Crippen LogP contribution in [0.3, 0.4) is 0 Å². The molecule has 3 aliphatic rings. The fourth-order valence-electron chi connectivity index (χ4n) is 6.13. The molecule has 2 saturated heterocycles. The lowest BCUT2D eigenvalue weighted by Crippen LogP contribution is -2.40. The van der Waals surface area contributed by atoms with Gasteiger partial charge in [0.2, 0.25) is 10.0 Å². The summed E-state index contributed by atoms with van der Waals surface area (Å²) < 4.78 is 33.0. The highest BCUT2D eigenvalue weighted by molar-refractivity contribution is 7.89. The first-order valence-corrected chi connectivity index (χ1v) is 17.6. The first-order chi connectivity index (χ1) is 20.6. The van der Waals surface area contributed by atoms with Gasteiger partial charge in [-0.3, -0.25) is 19.3 Å². The number of carbonyl (C=O) groups is 3. The van der Waals surface area contributed by atoms with Crippen molar-refractivity contribution in [1.29, 1.82) is 0 Å². The number of benzene rings is 1. The average molecular weight is 631 g/mol. The Kier molecular flexibility index (Phi) is 9.89. The van der Waals surface area contributed by atoms with Crippen molar-refractivity contribution < 1.29 is 27.5 Å². The molecule has 0 aliphatic carbocycles. The van der Waals surface area contributed by atoms with Gasteiger partial charge >= 0.3 is 5.97 Å². The number of hydrogen-bond acceptors (Lipinski definition) is 8. The monoisotopic (exact) mass is 630 g/mol. The summed E-state index contributed by atoms with van der Waals surface area (Å²) in [5, 5.41) is 3.57. The van der Waals surface area contributed by atoms with Gasteiger partial charge < -0.3 is 15.0 Å². The number of amides is 2. The summed E-state index contributed by atoms with van der Waals surface area (Å²) in [5.41, 5.74) is 1.97. The molecule has 1 N–H and O–H groups in total. The molecule has 4 heterocycles. The van der Waals surface area contributed by atoms with E-state index >= 15 is 0 Å². The van der Waals surface area contributed by atoms with E-state index in [0.717, 1.165) is 62.3 Å². The number of nitrogens with zero attached hydrogens (tertiary/aromatic N) is 3. The summed E-state index contributed by atoms with van der Waals surface area (Å²) in [6.07, 6.45) is 4.68. The molecule has 0 bridgehead atoms. The number of piperidine rings is 2. The summed E-state index contributed by atoms with van der Waals surface area (Å²) >= 11 is 1.47. The van der Waals surface area contributed by atoms with Gasteiger partial charge in [0.1, 0.15) is 5.00 Å². The summed E-state index contributed by atoms with van der Waals surface area (Å²) in [5.74, 6) is -0.968. The number of fused-ring (bicyclic) bond motifs is 1. The standard InChI is InChI=1S/C31H42N4O6S2/c1-4-41-31(38)23-12-18-35(19-13-23)43(39,40)24-10-8-22(9-11-24)28(36)32-29-27(30(37)33-15-6-5-7-16-33)25-14-17-34(21(2)3)20-26(25)42-29/h8-11,21,23H,4-7,12-20H2,1-3H3,(H,32,36). The van der Waals surface area contributed by atoms with Gasteiger partial charge in [-0.05, 0) is 89.1 Å². The Labute approximate surface area is 258 Å². The third kappa shape index (κ3) is 6.82. The Morgan fingerprint density at radius 2 is 1.67 bits per heavy atom. The summed E-state index contributed by atoms with van der Waals surface area (Å²) in [6, 6.07) is 6.29. The number of rotatable bonds is 8. The number of nitrogens with one attached hydrogen (secondary N) is 1. The number of ether oxygens (including phenoxy) is 1. The maximum Gasteiger partial charge on any atom is 0.309 e. The van der Waals surface area contributed by atoms with Crippen LogP contribution in [0.2, 0.25) is 0 Å². The average Bonchev–Trinajstić information content (AvgIpc) is 3.38. The second-order valence-electron chi connectivity index (χ2n) is 11.8. The molecule has 234 valence electrons. The normalized spacial score (nSPS) is 18.8. The number of hydrogen-bond donors (Lipinski definition) is 1. The summed E-state index contributed by atoms with van der Waals surface area (Å²) in [7, 11) is -3.77. The van der Waals surface area contributed by atoms with Crippen LogP contribution in [0.15, 0.2) is 29.2 Å². The molecule has 0 saturated carbocycles. The molecule has 10 nitrogen and oxygen atoms in total. The third-order valence-corrected chi connectivity index (χ3v) is 11.8. The quantitative estimate of drug-likeness (QED) is 0.431. The summed E-state index contributed by atoms with van der Waals surface area (Å²) in [6.45, 7) is 9.92. The van der Waals surface area contributed by atoms with Crippen molar-refractivity contribution in [2.24, 2.45) is 5.92 Å². The first kappa shape index (κ1) is 31.6. The highest BCUT2D eigenvalue weighted by atomic mass is 32.2. The zero-order valence-corrected chi connectivity index (χ0v) is 26.9. The molecule has 5 rings (SSSR count). The van der Waals surface area contributed by atoms with Crippen LogP contribution in [0.25, 0.3) is 0 Å². The molecule has 43 heavy (non-hydrogen) atoms. The fourth-order valence-corrected chi connectivity index (χ4v) is 8.86. The van der Waals surface area contributed by atoms with Gasteiger partial charge in [0.05, 0.1) is 23.0 Å². The van der Waals surface area contributed by atoms with Crippen molar-refractivity contribution in [3.63, 3.8) is 0 Å². The molecule has 12 heteroatoms. The van der Waals surface area contributed by atoms with Crippen molar-refractivity contribution in [2.45, 2.75) is 76.8 Å². The SMILES string of the molecule is CCOC(=O)C1CCN(S(=O)(=O)c2ccc(C(=O)Nc3sc4c(c3C(=O)N3CCCCC3)CCN(C(C)C)C4)cc2)CC1. The zero-order chi connectivity index (χ0) is 30.7. The molecule has 0 atom stereocenters. The van der Waals surface area contributed by atoms with E-state index in [9.17, 15) is 22.8 Å². The smallest absolute Gasteiger partial charge is 0.309 e. The first-order valence-electron chi connectivity index (χ1n) is 15.4. The minimum atomic E-state index is -3.77. The van der Waals surface area contributed by atoms with Crippen molar-refractivity contribution >= 4 is 44.1 Å². The largest absolute Gasteiger partial charge is 0.466 e. The number of carbonyl (C=O) groups excluding carboxylic acids is 3. The number of likely N-dealkylation sites (tertiary alicyclic amines) is 1. The van der Waals surface area contributed by atoms with Gasteiger partial charge in [0, 0.05) is 55.8 Å². The molecule has 0 unspecified atom stereocenters. The van der Waals surface area contributed by atoms with E-state index in [1.807, 2.05) is 4.90 Å². The lowest BCUT2D eigenvalue weighted by Gasteiger charge is -2.31. The predicted octanol–water partition coefficient (Wildman–Crippen LogP) is 4.36. The van der Waals surface area contributed by atoms with Crippen molar-refractivity contribution in [2.75, 3.05) is 44.6 Å². The molecule has 2 fully saturated rings. The Balaban J connectivity index is 1.32. The lowest BCUT2D eigenvalue weighted by molar-refractivity contribution is -0.149. The Bertz CT molecular complexity index is 1440. The Morgan fingerprint density at radius 1 is 1.00 bits per heavy atom. The van der Waals surface area contributed by atoms with E-state index in [-0.39, 0.29) is 41.7 Å². The highest BCUT2D eigenvalue weighted by Crippen LogP contribution is 2.39. The zero-order valence-electron chi connectivity index (χ0n) is 25.3. The lowest BCUT2D eigenvalue weighted by atomic mass is 9.98. The number of esters is 1. The van der Waals surface area contributed by atoms with Crippen molar-refractivity contribution in [3.05, 3.63) is 45.8 Å². The minimum Gasteiger partial charge on any atom is -0.466 e. The number of anilines is 1. The second kappa shape index (κ2) is 13.5. The molecular weight excluding hydrogens is 588 g/mol. The van der Waals surface area contributed by atoms with Gasteiger partial charge in [-0.1, -0.05) is 0 Å². The van der Waals surface area contributed by atoms with Gasteiger partial charge in [0.15, 0.2) is 0 Å². The van der Waals surface area contributed by atoms with Gasteiger partial charge in [-0.2, -0.15) is 4.31 Å². The molecular formula is C31H42N4O6S2. The molecule has 0 radical (unpaired) electrons. The van der Waals surface area contributed by atoms with E-state index in [0.29, 0.717) is 41.6 Å². The number of thiophene rings is 1. The predicted molar refractivity (Wildman–Crippen MR) is 166 cm³/mol. The maximum atomic E-state index is 13.8. The van der Waals surface area contributed by atoms with Crippen LogP contribution in [-0.4, -0.2) is 85.7 Å². The molecule has 1 aromatic heterocycles. The van der Waals surface area contributed by atoms with Crippen LogP contribution in [0.4, 0.5) is 5.00 Å². The van der Waals surface area contributed by atoms with Crippen LogP contribution in [-0.2, 0) is 32.5 Å². The van der Waals surface area contributed by atoms with Crippen LogP contribution in [0.5, 0.6) is 0 Å². The maximum absolute atomic E-state index is 13.8. The topological polar surface area (TPSA) is 116 Å². The highest BCUT2D eigenvalue weighted by Gasteiger charge is 2.34. The Hall–Kier alpha value is -2.80. The fraction of sp³-hybridized carbons (Fsp3) is 0.581. The van der Waals surface area contributed by atoms with Crippen LogP contribution >= 0.6 is 11.3 Å². The molecule has 0 spiro atoms. The summed E-state index contributed by atoms with van der Waals surface area (Å²) in [4.78, 5) is 44.7. The van der Waals surface area contributed by atoms with E-state index < -0.39 is 10.0 Å². The van der Waals surface area contributed by atoms with Crippen molar-refractivity contribution in [3.8, 4) is 0 Å². The van der Waals surface area contributed by atoms with E-state index in [1.165, 1.54) is 39.9 Å². The van der Waals surface area contributed by atoms with Crippen LogP contribution < -0.4 is 5.32 Å². The number of sulfonamides is 1. The van der Waals surface area contributed by atoms with E-state index in [2.05, 4.69) is 24.1 Å². The third-order valence-electron chi connectivity index (χ3n) is 8.73. The van der Waals surface area contributed by atoms with E-state index in [1.54, 1.807) is 6.92 Å².